The number of allylic oxidation sites excluding steroid dienone is 1. The Bertz CT molecular complexity index is 707. The second-order valence-electron chi connectivity index (χ2n) is 5.98. The summed E-state index contributed by atoms with van der Waals surface area (Å²) in [7, 11) is 0. The van der Waals surface area contributed by atoms with Crippen LogP contribution in [0.4, 0.5) is 0 Å². The first-order valence-corrected chi connectivity index (χ1v) is 7.99. The molecule has 2 aromatic carbocycles. The Morgan fingerprint density at radius 1 is 0.870 bits per heavy atom. The second-order valence-corrected chi connectivity index (χ2v) is 5.98. The third-order valence-corrected chi connectivity index (χ3v) is 4.57. The molecular weight excluding hydrogens is 288 g/mol. The van der Waals surface area contributed by atoms with Crippen molar-refractivity contribution in [1.82, 2.24) is 0 Å². The monoisotopic (exact) mass is 306 g/mol. The molecule has 0 fully saturated rings. The standard InChI is InChI=1S/C20H18O3/c21-19-17-14-20(15-8-3-1-4-9-15,16-10-5-2-6-11-16)23-18(17)12-7-13-22-19/h1-6,8-11H,7,12-14H2. The molecule has 0 radical (unpaired) electrons. The smallest absolute Gasteiger partial charge is 0.337 e. The Hall–Kier alpha value is -2.55. The third-order valence-electron chi connectivity index (χ3n) is 4.57. The van der Waals surface area contributed by atoms with Gasteiger partial charge < -0.3 is 9.47 Å². The number of cyclic esters (lactones) is 1. The maximum absolute atomic E-state index is 12.3. The average molecular weight is 306 g/mol. The molecule has 0 bridgehead atoms. The Morgan fingerprint density at radius 2 is 1.48 bits per heavy atom. The predicted molar refractivity (Wildman–Crippen MR) is 86.6 cm³/mol. The minimum Gasteiger partial charge on any atom is -0.481 e. The van der Waals surface area contributed by atoms with E-state index < -0.39 is 5.60 Å². The van der Waals surface area contributed by atoms with Crippen LogP contribution in [-0.4, -0.2) is 12.6 Å². The van der Waals surface area contributed by atoms with Gasteiger partial charge in [-0.25, -0.2) is 4.79 Å². The SMILES string of the molecule is O=C1OCCCC2=C1CC(c1ccccc1)(c1ccccc1)O2. The predicted octanol–water partition coefficient (Wildman–Crippen LogP) is 3.94. The quantitative estimate of drug-likeness (QED) is 0.788. The lowest BCUT2D eigenvalue weighted by molar-refractivity contribution is -0.139. The zero-order chi connectivity index (χ0) is 15.7. The molecule has 0 spiro atoms. The number of benzene rings is 2. The average Bonchev–Trinajstić information content (AvgIpc) is 2.93. The van der Waals surface area contributed by atoms with Crippen molar-refractivity contribution in [2.75, 3.05) is 6.61 Å². The normalized spacial score (nSPS) is 19.6. The van der Waals surface area contributed by atoms with Gasteiger partial charge in [0.15, 0.2) is 5.60 Å². The maximum atomic E-state index is 12.3. The molecule has 3 heteroatoms. The first-order valence-electron chi connectivity index (χ1n) is 7.99. The molecule has 0 saturated heterocycles. The molecule has 2 aliphatic heterocycles. The summed E-state index contributed by atoms with van der Waals surface area (Å²) in [6, 6.07) is 20.2. The van der Waals surface area contributed by atoms with Crippen LogP contribution in [0.1, 0.15) is 30.4 Å². The molecule has 0 aliphatic carbocycles. The number of ether oxygens (including phenoxy) is 2. The Morgan fingerprint density at radius 3 is 2.09 bits per heavy atom. The van der Waals surface area contributed by atoms with E-state index in [0.717, 1.165) is 29.7 Å². The van der Waals surface area contributed by atoms with Crippen LogP contribution >= 0.6 is 0 Å². The van der Waals surface area contributed by atoms with Crippen molar-refractivity contribution in [2.24, 2.45) is 0 Å². The molecule has 2 heterocycles. The van der Waals surface area contributed by atoms with E-state index in [4.69, 9.17) is 9.47 Å². The zero-order valence-electron chi connectivity index (χ0n) is 12.8. The summed E-state index contributed by atoms with van der Waals surface area (Å²) in [5, 5.41) is 0. The van der Waals surface area contributed by atoms with Gasteiger partial charge in [0.25, 0.3) is 0 Å². The van der Waals surface area contributed by atoms with Gasteiger partial charge in [0.1, 0.15) is 5.76 Å². The van der Waals surface area contributed by atoms with Gasteiger partial charge in [0, 0.05) is 24.0 Å². The van der Waals surface area contributed by atoms with E-state index in [1.165, 1.54) is 0 Å². The van der Waals surface area contributed by atoms with E-state index >= 15 is 0 Å². The van der Waals surface area contributed by atoms with Crippen LogP contribution in [-0.2, 0) is 19.9 Å². The van der Waals surface area contributed by atoms with Gasteiger partial charge in [-0.1, -0.05) is 60.7 Å². The summed E-state index contributed by atoms with van der Waals surface area (Å²) in [6.45, 7) is 0.471. The number of hydrogen-bond acceptors (Lipinski definition) is 3. The fourth-order valence-electron chi connectivity index (χ4n) is 3.43. The number of carbonyl (C=O) groups excluding carboxylic acids is 1. The zero-order valence-corrected chi connectivity index (χ0v) is 12.8. The van der Waals surface area contributed by atoms with Crippen molar-refractivity contribution in [3.63, 3.8) is 0 Å². The van der Waals surface area contributed by atoms with Crippen molar-refractivity contribution in [1.29, 1.82) is 0 Å². The molecule has 0 aromatic heterocycles. The topological polar surface area (TPSA) is 35.5 Å². The van der Waals surface area contributed by atoms with Crippen LogP contribution in [0.5, 0.6) is 0 Å². The highest BCUT2D eigenvalue weighted by atomic mass is 16.5. The van der Waals surface area contributed by atoms with E-state index in [0.29, 0.717) is 18.6 Å². The lowest BCUT2D eigenvalue weighted by Crippen LogP contribution is -2.28. The highest BCUT2D eigenvalue weighted by Gasteiger charge is 2.46. The fourth-order valence-corrected chi connectivity index (χ4v) is 3.43. The molecule has 0 atom stereocenters. The van der Waals surface area contributed by atoms with Crippen LogP contribution in [0, 0.1) is 0 Å². The molecule has 0 amide bonds. The minimum absolute atomic E-state index is 0.230. The van der Waals surface area contributed by atoms with Crippen molar-refractivity contribution in [3.05, 3.63) is 83.1 Å². The van der Waals surface area contributed by atoms with E-state index in [9.17, 15) is 4.79 Å². The fraction of sp³-hybridized carbons (Fsp3) is 0.250. The van der Waals surface area contributed by atoms with Gasteiger partial charge in [-0.05, 0) is 6.42 Å². The van der Waals surface area contributed by atoms with Crippen molar-refractivity contribution < 1.29 is 14.3 Å². The lowest BCUT2D eigenvalue weighted by Gasteiger charge is -2.31. The van der Waals surface area contributed by atoms with Crippen LogP contribution in [0.25, 0.3) is 0 Å². The third kappa shape index (κ3) is 2.33. The first-order chi connectivity index (χ1) is 11.3. The van der Waals surface area contributed by atoms with Crippen molar-refractivity contribution >= 4 is 5.97 Å². The van der Waals surface area contributed by atoms with Crippen LogP contribution in [0.2, 0.25) is 0 Å². The Balaban J connectivity index is 1.83. The van der Waals surface area contributed by atoms with E-state index in [1.54, 1.807) is 0 Å². The molecular formula is C20H18O3. The van der Waals surface area contributed by atoms with E-state index in [2.05, 4.69) is 24.3 Å². The largest absolute Gasteiger partial charge is 0.481 e. The van der Waals surface area contributed by atoms with Gasteiger partial charge in [-0.2, -0.15) is 0 Å². The van der Waals surface area contributed by atoms with Gasteiger partial charge in [-0.3, -0.25) is 0 Å². The number of rotatable bonds is 2. The summed E-state index contributed by atoms with van der Waals surface area (Å²) in [5.41, 5.74) is 2.18. The highest BCUT2D eigenvalue weighted by molar-refractivity contribution is 5.90. The van der Waals surface area contributed by atoms with Gasteiger partial charge in [-0.15, -0.1) is 0 Å². The number of esters is 1. The number of hydrogen-bond donors (Lipinski definition) is 0. The Kier molecular flexibility index (Phi) is 3.41. The van der Waals surface area contributed by atoms with Crippen LogP contribution in [0.3, 0.4) is 0 Å². The van der Waals surface area contributed by atoms with Crippen molar-refractivity contribution in [2.45, 2.75) is 24.9 Å². The lowest BCUT2D eigenvalue weighted by atomic mass is 9.82. The van der Waals surface area contributed by atoms with E-state index in [-0.39, 0.29) is 5.97 Å². The summed E-state index contributed by atoms with van der Waals surface area (Å²) in [4.78, 5) is 12.3. The molecule has 4 rings (SSSR count). The summed E-state index contributed by atoms with van der Waals surface area (Å²) in [6.07, 6.45) is 2.09. The molecule has 2 aromatic rings. The van der Waals surface area contributed by atoms with Gasteiger partial charge in [0.05, 0.1) is 12.2 Å². The second kappa shape index (κ2) is 5.58. The number of carbonyl (C=O) groups is 1. The van der Waals surface area contributed by atoms with Gasteiger partial charge in [0.2, 0.25) is 0 Å². The molecule has 0 saturated carbocycles. The first kappa shape index (κ1) is 14.1. The molecule has 2 aliphatic rings. The molecule has 0 unspecified atom stereocenters. The minimum atomic E-state index is -0.635. The maximum Gasteiger partial charge on any atom is 0.337 e. The molecule has 0 N–H and O–H groups in total. The highest BCUT2D eigenvalue weighted by Crippen LogP contribution is 2.48. The Labute approximate surface area is 135 Å². The summed E-state index contributed by atoms with van der Waals surface area (Å²) in [5.74, 6) is 0.562. The van der Waals surface area contributed by atoms with Crippen molar-refractivity contribution in [3.8, 4) is 0 Å². The molecule has 116 valence electrons. The van der Waals surface area contributed by atoms with E-state index in [1.807, 2.05) is 36.4 Å². The summed E-state index contributed by atoms with van der Waals surface area (Å²) >= 11 is 0. The van der Waals surface area contributed by atoms with Crippen LogP contribution in [0.15, 0.2) is 72.0 Å². The van der Waals surface area contributed by atoms with Gasteiger partial charge >= 0.3 is 5.97 Å². The molecule has 23 heavy (non-hydrogen) atoms. The summed E-state index contributed by atoms with van der Waals surface area (Å²) < 4.78 is 11.8. The van der Waals surface area contributed by atoms with Crippen LogP contribution < -0.4 is 0 Å². The molecule has 3 nitrogen and oxygen atoms in total.